The molecule has 1 aliphatic heterocycles. The van der Waals surface area contributed by atoms with Crippen molar-refractivity contribution >= 4 is 17.3 Å². The molecule has 1 aromatic heterocycles. The summed E-state index contributed by atoms with van der Waals surface area (Å²) in [7, 11) is 3.84. The topological polar surface area (TPSA) is 83.3 Å². The average molecular weight is 279 g/mol. The molecule has 7 heteroatoms. The molecule has 0 saturated carbocycles. The molecule has 110 valence electrons. The summed E-state index contributed by atoms with van der Waals surface area (Å²) < 4.78 is 0. The lowest BCUT2D eigenvalue weighted by Gasteiger charge is -2.35. The predicted molar refractivity (Wildman–Crippen MR) is 79.1 cm³/mol. The molecule has 20 heavy (non-hydrogen) atoms. The number of hydrogen-bond acceptors (Lipinski definition) is 6. The van der Waals surface area contributed by atoms with Crippen molar-refractivity contribution in [2.75, 3.05) is 37.8 Å². The van der Waals surface area contributed by atoms with Crippen molar-refractivity contribution in [3.63, 3.8) is 0 Å². The van der Waals surface area contributed by atoms with Crippen LogP contribution in [0.25, 0.3) is 0 Å². The van der Waals surface area contributed by atoms with Gasteiger partial charge < -0.3 is 15.5 Å². The number of likely N-dealkylation sites (tertiary alicyclic amines) is 1. The molecule has 0 spiro atoms. The van der Waals surface area contributed by atoms with E-state index in [1.54, 1.807) is 13.1 Å². The van der Waals surface area contributed by atoms with Crippen LogP contribution in [-0.2, 0) is 0 Å². The Hall–Kier alpha value is -1.89. The minimum atomic E-state index is -0.394. The van der Waals surface area contributed by atoms with Gasteiger partial charge in [0.25, 0.3) is 0 Å². The Kier molecular flexibility index (Phi) is 4.39. The quantitative estimate of drug-likeness (QED) is 0.645. The van der Waals surface area contributed by atoms with Gasteiger partial charge in [-0.05, 0) is 32.0 Å². The van der Waals surface area contributed by atoms with Crippen LogP contribution in [0.1, 0.15) is 13.3 Å². The summed E-state index contributed by atoms with van der Waals surface area (Å²) in [6.45, 7) is 4.12. The highest BCUT2D eigenvalue weighted by Gasteiger charge is 2.27. The van der Waals surface area contributed by atoms with Crippen molar-refractivity contribution in [1.29, 1.82) is 0 Å². The van der Waals surface area contributed by atoms with Crippen LogP contribution in [0.4, 0.5) is 17.3 Å². The number of piperidine rings is 1. The lowest BCUT2D eigenvalue weighted by atomic mass is 9.94. The first-order chi connectivity index (χ1) is 9.51. The van der Waals surface area contributed by atoms with E-state index >= 15 is 0 Å². The van der Waals surface area contributed by atoms with E-state index in [0.29, 0.717) is 17.6 Å². The number of rotatable bonds is 4. The highest BCUT2D eigenvalue weighted by molar-refractivity contribution is 5.60. The molecule has 0 aromatic carbocycles. The number of pyridine rings is 1. The number of nitro groups is 1. The van der Waals surface area contributed by atoms with Crippen molar-refractivity contribution in [3.05, 3.63) is 22.2 Å². The first-order valence-corrected chi connectivity index (χ1v) is 6.79. The first kappa shape index (κ1) is 14.5. The number of hydrogen-bond donors (Lipinski definition) is 2. The first-order valence-electron chi connectivity index (χ1n) is 6.79. The summed E-state index contributed by atoms with van der Waals surface area (Å²) in [5, 5.41) is 17.3. The van der Waals surface area contributed by atoms with Gasteiger partial charge in [0.1, 0.15) is 5.82 Å². The summed E-state index contributed by atoms with van der Waals surface area (Å²) >= 11 is 0. The molecule has 2 atom stereocenters. The molecule has 1 aliphatic rings. The van der Waals surface area contributed by atoms with Crippen LogP contribution in [0, 0.1) is 16.0 Å². The minimum Gasteiger partial charge on any atom is -0.373 e. The van der Waals surface area contributed by atoms with Gasteiger partial charge in [0.2, 0.25) is 5.82 Å². The molecule has 0 amide bonds. The van der Waals surface area contributed by atoms with E-state index in [2.05, 4.69) is 34.5 Å². The largest absolute Gasteiger partial charge is 0.373 e. The Morgan fingerprint density at radius 2 is 2.25 bits per heavy atom. The van der Waals surface area contributed by atoms with E-state index in [4.69, 9.17) is 0 Å². The molecule has 2 heterocycles. The zero-order valence-electron chi connectivity index (χ0n) is 12.1. The van der Waals surface area contributed by atoms with Gasteiger partial charge in [-0.1, -0.05) is 6.92 Å². The smallest absolute Gasteiger partial charge is 0.311 e. The third kappa shape index (κ3) is 3.16. The minimum absolute atomic E-state index is 0.0233. The Balaban J connectivity index is 2.20. The van der Waals surface area contributed by atoms with Crippen LogP contribution >= 0.6 is 0 Å². The normalized spacial score (nSPS) is 23.4. The Bertz CT molecular complexity index is 494. The van der Waals surface area contributed by atoms with Gasteiger partial charge in [0.05, 0.1) is 4.92 Å². The summed E-state index contributed by atoms with van der Waals surface area (Å²) in [6.07, 6.45) is 0.959. The Labute approximate surface area is 118 Å². The molecule has 2 unspecified atom stereocenters. The Morgan fingerprint density at radius 3 is 2.85 bits per heavy atom. The maximum absolute atomic E-state index is 11.1. The third-order valence-electron chi connectivity index (χ3n) is 3.76. The second-order valence-corrected chi connectivity index (χ2v) is 5.35. The zero-order chi connectivity index (χ0) is 14.7. The highest BCUT2D eigenvalue weighted by atomic mass is 16.6. The molecular formula is C13H21N5O2. The summed E-state index contributed by atoms with van der Waals surface area (Å²) in [6, 6.07) is 3.31. The molecule has 0 aliphatic carbocycles. The van der Waals surface area contributed by atoms with E-state index in [1.807, 2.05) is 0 Å². The van der Waals surface area contributed by atoms with Crippen LogP contribution in [-0.4, -0.2) is 48.0 Å². The van der Waals surface area contributed by atoms with Gasteiger partial charge in [-0.15, -0.1) is 0 Å². The van der Waals surface area contributed by atoms with E-state index in [9.17, 15) is 10.1 Å². The Morgan fingerprint density at radius 1 is 1.50 bits per heavy atom. The molecule has 2 N–H and O–H groups in total. The second-order valence-electron chi connectivity index (χ2n) is 5.35. The van der Waals surface area contributed by atoms with Gasteiger partial charge in [-0.2, -0.15) is 0 Å². The summed E-state index contributed by atoms with van der Waals surface area (Å²) in [5.41, 5.74) is 0.0233. The van der Waals surface area contributed by atoms with E-state index in [-0.39, 0.29) is 11.7 Å². The SMILES string of the molecule is CNc1ccc([N+](=O)[O-])c(NC2CCN(C)CC2C)n1. The van der Waals surface area contributed by atoms with E-state index < -0.39 is 4.92 Å². The maximum Gasteiger partial charge on any atom is 0.311 e. The molecule has 0 radical (unpaired) electrons. The van der Waals surface area contributed by atoms with Gasteiger partial charge in [-0.25, -0.2) is 4.98 Å². The standard InChI is InChI=1S/C13H21N5O2/c1-9-8-17(3)7-6-10(9)15-13-11(18(19)20)4-5-12(14-2)16-13/h4-5,9-10H,6-8H2,1-3H3,(H2,14,15,16). The second kappa shape index (κ2) is 6.04. The fourth-order valence-corrected chi connectivity index (χ4v) is 2.59. The average Bonchev–Trinajstić information content (AvgIpc) is 2.41. The predicted octanol–water partition coefficient (Wildman–Crippen LogP) is 1.78. The van der Waals surface area contributed by atoms with Crippen LogP contribution in [0.15, 0.2) is 12.1 Å². The van der Waals surface area contributed by atoms with Gasteiger partial charge in [0.15, 0.2) is 0 Å². The fraction of sp³-hybridized carbons (Fsp3) is 0.615. The molecular weight excluding hydrogens is 258 g/mol. The molecule has 1 saturated heterocycles. The molecule has 7 nitrogen and oxygen atoms in total. The molecule has 2 rings (SSSR count). The van der Waals surface area contributed by atoms with Gasteiger partial charge >= 0.3 is 5.69 Å². The number of nitrogens with one attached hydrogen (secondary N) is 2. The third-order valence-corrected chi connectivity index (χ3v) is 3.76. The monoisotopic (exact) mass is 279 g/mol. The van der Waals surface area contributed by atoms with E-state index in [0.717, 1.165) is 19.5 Å². The van der Waals surface area contributed by atoms with Crippen molar-refractivity contribution < 1.29 is 4.92 Å². The number of nitrogens with zero attached hydrogens (tertiary/aromatic N) is 3. The lowest BCUT2D eigenvalue weighted by molar-refractivity contribution is -0.384. The molecule has 1 aromatic rings. The lowest BCUT2D eigenvalue weighted by Crippen LogP contribution is -2.43. The molecule has 0 bridgehead atoms. The molecule has 1 fully saturated rings. The van der Waals surface area contributed by atoms with Crippen LogP contribution in [0.2, 0.25) is 0 Å². The van der Waals surface area contributed by atoms with Crippen molar-refractivity contribution in [2.24, 2.45) is 5.92 Å². The number of aromatic nitrogens is 1. The van der Waals surface area contributed by atoms with Crippen molar-refractivity contribution in [1.82, 2.24) is 9.88 Å². The van der Waals surface area contributed by atoms with Crippen LogP contribution in [0.5, 0.6) is 0 Å². The summed E-state index contributed by atoms with van der Waals surface area (Å²) in [5.74, 6) is 1.40. The van der Waals surface area contributed by atoms with Crippen molar-refractivity contribution in [3.8, 4) is 0 Å². The summed E-state index contributed by atoms with van der Waals surface area (Å²) in [4.78, 5) is 17.3. The zero-order valence-corrected chi connectivity index (χ0v) is 12.1. The van der Waals surface area contributed by atoms with Crippen LogP contribution in [0.3, 0.4) is 0 Å². The highest BCUT2D eigenvalue weighted by Crippen LogP contribution is 2.27. The van der Waals surface area contributed by atoms with Crippen molar-refractivity contribution in [2.45, 2.75) is 19.4 Å². The van der Waals surface area contributed by atoms with Gasteiger partial charge in [-0.3, -0.25) is 10.1 Å². The van der Waals surface area contributed by atoms with Gasteiger partial charge in [0, 0.05) is 25.7 Å². The number of anilines is 2. The fourth-order valence-electron chi connectivity index (χ4n) is 2.59. The van der Waals surface area contributed by atoms with Crippen LogP contribution < -0.4 is 10.6 Å². The maximum atomic E-state index is 11.1. The van der Waals surface area contributed by atoms with E-state index in [1.165, 1.54) is 6.07 Å².